The van der Waals surface area contributed by atoms with Crippen LogP contribution >= 0.6 is 0 Å². The lowest BCUT2D eigenvalue weighted by Crippen LogP contribution is -2.18. The van der Waals surface area contributed by atoms with Gasteiger partial charge in [-0.15, -0.1) is 0 Å². The molecule has 0 saturated heterocycles. The Balaban J connectivity index is 2.17. The quantitative estimate of drug-likeness (QED) is 0.913. The molecule has 6 heteroatoms. The molecule has 1 saturated carbocycles. The van der Waals surface area contributed by atoms with E-state index in [-0.39, 0.29) is 5.03 Å². The molecular formula is C12H21N3O2S. The Hall–Kier alpha value is -0.880. The fourth-order valence-electron chi connectivity index (χ4n) is 2.80. The molecule has 1 aliphatic rings. The molecular weight excluding hydrogens is 250 g/mol. The first-order chi connectivity index (χ1) is 8.41. The van der Waals surface area contributed by atoms with E-state index in [9.17, 15) is 8.42 Å². The van der Waals surface area contributed by atoms with E-state index in [0.717, 1.165) is 24.6 Å². The van der Waals surface area contributed by atoms with Gasteiger partial charge in [-0.2, -0.15) is 0 Å². The zero-order chi connectivity index (χ0) is 13.3. The highest BCUT2D eigenvalue weighted by Crippen LogP contribution is 2.34. The van der Waals surface area contributed by atoms with Crippen LogP contribution in [0.1, 0.15) is 50.9 Å². The molecule has 1 heterocycles. The van der Waals surface area contributed by atoms with Crippen LogP contribution in [0.5, 0.6) is 0 Å². The van der Waals surface area contributed by atoms with Crippen LogP contribution in [0.2, 0.25) is 0 Å². The number of hydrogen-bond acceptors (Lipinski definition) is 3. The van der Waals surface area contributed by atoms with Crippen molar-refractivity contribution in [2.75, 3.05) is 0 Å². The number of nitrogens with two attached hydrogens (primary N) is 1. The van der Waals surface area contributed by atoms with Crippen LogP contribution in [0.25, 0.3) is 0 Å². The van der Waals surface area contributed by atoms with Crippen molar-refractivity contribution >= 4 is 10.0 Å². The fraction of sp³-hybridized carbons (Fsp3) is 0.750. The molecule has 1 aliphatic carbocycles. The van der Waals surface area contributed by atoms with Gasteiger partial charge in [0.05, 0.1) is 0 Å². The van der Waals surface area contributed by atoms with E-state index in [4.69, 9.17) is 5.14 Å². The van der Waals surface area contributed by atoms with Gasteiger partial charge in [-0.3, -0.25) is 0 Å². The van der Waals surface area contributed by atoms with Crippen molar-refractivity contribution in [1.82, 2.24) is 9.55 Å². The molecule has 0 unspecified atom stereocenters. The van der Waals surface area contributed by atoms with E-state index in [1.165, 1.54) is 19.3 Å². The van der Waals surface area contributed by atoms with Gasteiger partial charge >= 0.3 is 0 Å². The maximum absolute atomic E-state index is 11.3. The average Bonchev–Trinajstić information content (AvgIpc) is 2.71. The number of sulfonamides is 1. The van der Waals surface area contributed by atoms with Crippen LogP contribution in [-0.2, 0) is 10.0 Å². The van der Waals surface area contributed by atoms with Crippen LogP contribution in [0.3, 0.4) is 0 Å². The molecule has 0 bridgehead atoms. The number of imidazole rings is 1. The zero-order valence-electron chi connectivity index (χ0n) is 11.0. The summed E-state index contributed by atoms with van der Waals surface area (Å²) in [7, 11) is -3.69. The maximum atomic E-state index is 11.3. The first-order valence-electron chi connectivity index (χ1n) is 6.50. The molecule has 1 fully saturated rings. The second-order valence-corrected chi connectivity index (χ2v) is 6.67. The van der Waals surface area contributed by atoms with E-state index < -0.39 is 10.0 Å². The van der Waals surface area contributed by atoms with E-state index in [1.54, 1.807) is 6.20 Å². The monoisotopic (exact) mass is 271 g/mol. The lowest BCUT2D eigenvalue weighted by molar-refractivity contribution is 0.267. The summed E-state index contributed by atoms with van der Waals surface area (Å²) in [5, 5.41) is 5.09. The number of nitrogens with zero attached hydrogens (tertiary/aromatic N) is 2. The Morgan fingerprint density at radius 1 is 1.39 bits per heavy atom. The molecule has 5 nitrogen and oxygen atoms in total. The van der Waals surface area contributed by atoms with Crippen molar-refractivity contribution < 1.29 is 8.42 Å². The number of hydrogen-bond donors (Lipinski definition) is 1. The van der Waals surface area contributed by atoms with Crippen molar-refractivity contribution in [1.29, 1.82) is 0 Å². The molecule has 0 spiro atoms. The first-order valence-corrected chi connectivity index (χ1v) is 8.04. The first kappa shape index (κ1) is 13.5. The highest BCUT2D eigenvalue weighted by Gasteiger charge is 2.24. The van der Waals surface area contributed by atoms with Crippen LogP contribution in [0.15, 0.2) is 11.2 Å². The van der Waals surface area contributed by atoms with Crippen molar-refractivity contribution in [2.45, 2.75) is 57.0 Å². The van der Waals surface area contributed by atoms with Crippen LogP contribution in [-0.4, -0.2) is 18.0 Å². The second-order valence-electron chi connectivity index (χ2n) is 5.16. The third-order valence-corrected chi connectivity index (χ3v) is 4.75. The molecule has 1 aromatic heterocycles. The summed E-state index contributed by atoms with van der Waals surface area (Å²) in [4.78, 5) is 4.05. The lowest BCUT2D eigenvalue weighted by atomic mass is 9.84. The fourth-order valence-corrected chi connectivity index (χ4v) is 3.32. The smallest absolute Gasteiger partial charge is 0.257 e. The predicted octanol–water partition coefficient (Wildman–Crippen LogP) is 1.98. The molecule has 0 atom stereocenters. The number of primary sulfonamides is 1. The average molecular weight is 271 g/mol. The Labute approximate surface area is 108 Å². The summed E-state index contributed by atoms with van der Waals surface area (Å²) in [6.45, 7) is 4.06. The molecule has 0 radical (unpaired) electrons. The van der Waals surface area contributed by atoms with Gasteiger partial charge in [0.25, 0.3) is 10.0 Å². The number of rotatable bonds is 3. The molecule has 0 aromatic carbocycles. The highest BCUT2D eigenvalue weighted by molar-refractivity contribution is 7.89. The molecule has 18 heavy (non-hydrogen) atoms. The third-order valence-electron chi connectivity index (χ3n) is 3.97. The van der Waals surface area contributed by atoms with Gasteiger partial charge in [-0.25, -0.2) is 18.5 Å². The van der Waals surface area contributed by atoms with Gasteiger partial charge in [0.1, 0.15) is 5.82 Å². The number of aromatic nitrogens is 2. The van der Waals surface area contributed by atoms with Crippen LogP contribution in [0.4, 0.5) is 0 Å². The summed E-state index contributed by atoms with van der Waals surface area (Å²) in [5.41, 5.74) is 0. The van der Waals surface area contributed by atoms with Crippen molar-refractivity contribution in [3.63, 3.8) is 0 Å². The molecule has 0 aliphatic heterocycles. The Bertz CT molecular complexity index is 513. The molecule has 1 aromatic rings. The SMILES string of the molecule is CCC1CCC(n2cc(S(N)(=O)=O)nc2C)CC1. The van der Waals surface area contributed by atoms with Crippen LogP contribution < -0.4 is 5.14 Å². The molecule has 102 valence electrons. The summed E-state index contributed by atoms with van der Waals surface area (Å²) < 4.78 is 24.5. The van der Waals surface area contributed by atoms with E-state index in [1.807, 2.05) is 11.5 Å². The standard InChI is InChI=1S/C12H21N3O2S/c1-3-10-4-6-11(7-5-10)15-8-12(14-9(15)2)18(13,16)17/h8,10-11H,3-7H2,1-2H3,(H2,13,16,17). The van der Waals surface area contributed by atoms with Gasteiger partial charge in [0.15, 0.2) is 5.03 Å². The minimum atomic E-state index is -3.69. The van der Waals surface area contributed by atoms with E-state index in [0.29, 0.717) is 6.04 Å². The summed E-state index contributed by atoms with van der Waals surface area (Å²) in [5.74, 6) is 1.56. The van der Waals surface area contributed by atoms with Crippen molar-refractivity contribution in [2.24, 2.45) is 11.1 Å². The Morgan fingerprint density at radius 3 is 2.44 bits per heavy atom. The Morgan fingerprint density at radius 2 is 2.00 bits per heavy atom. The van der Waals surface area contributed by atoms with E-state index in [2.05, 4.69) is 11.9 Å². The summed E-state index contributed by atoms with van der Waals surface area (Å²) >= 11 is 0. The normalized spacial score (nSPS) is 25.3. The minimum Gasteiger partial charge on any atom is -0.331 e. The molecule has 0 amide bonds. The van der Waals surface area contributed by atoms with Gasteiger partial charge < -0.3 is 4.57 Å². The van der Waals surface area contributed by atoms with Crippen molar-refractivity contribution in [3.8, 4) is 0 Å². The predicted molar refractivity (Wildman–Crippen MR) is 69.6 cm³/mol. The van der Waals surface area contributed by atoms with Gasteiger partial charge in [-0.05, 0) is 38.5 Å². The highest BCUT2D eigenvalue weighted by atomic mass is 32.2. The summed E-state index contributed by atoms with van der Waals surface area (Å²) in [6, 6.07) is 0.371. The molecule has 2 rings (SSSR count). The third kappa shape index (κ3) is 2.75. The topological polar surface area (TPSA) is 78.0 Å². The minimum absolute atomic E-state index is 0.0161. The van der Waals surface area contributed by atoms with Gasteiger partial charge in [0.2, 0.25) is 0 Å². The molecule has 2 N–H and O–H groups in total. The second kappa shape index (κ2) is 5.01. The zero-order valence-corrected chi connectivity index (χ0v) is 11.8. The summed E-state index contributed by atoms with van der Waals surface area (Å²) in [6.07, 6.45) is 7.44. The number of aryl methyl sites for hydroxylation is 1. The van der Waals surface area contributed by atoms with Crippen molar-refractivity contribution in [3.05, 3.63) is 12.0 Å². The largest absolute Gasteiger partial charge is 0.331 e. The van der Waals surface area contributed by atoms with E-state index >= 15 is 0 Å². The van der Waals surface area contributed by atoms with Crippen LogP contribution in [0, 0.1) is 12.8 Å². The maximum Gasteiger partial charge on any atom is 0.257 e. The van der Waals surface area contributed by atoms with Gasteiger partial charge in [0, 0.05) is 12.2 Å². The lowest BCUT2D eigenvalue weighted by Gasteiger charge is -2.29. The van der Waals surface area contributed by atoms with Gasteiger partial charge in [-0.1, -0.05) is 13.3 Å². The Kier molecular flexibility index (Phi) is 3.77.